The van der Waals surface area contributed by atoms with Gasteiger partial charge >= 0.3 is 11.9 Å². The van der Waals surface area contributed by atoms with Crippen LogP contribution in [0.15, 0.2) is 57.5 Å². The molecule has 1 aliphatic heterocycles. The number of allylic oxidation sites excluding steroid dienone is 1. The molecule has 11 heteroatoms. The lowest BCUT2D eigenvalue weighted by atomic mass is 9.95. The predicted octanol–water partition coefficient (Wildman–Crippen LogP) is 3.65. The first-order chi connectivity index (χ1) is 17.1. The molecule has 186 valence electrons. The van der Waals surface area contributed by atoms with Crippen molar-refractivity contribution in [2.75, 3.05) is 14.2 Å². The van der Waals surface area contributed by atoms with E-state index in [1.54, 1.807) is 49.4 Å². The highest BCUT2D eigenvalue weighted by atomic mass is 35.5. The normalized spacial score (nSPS) is 15.3. The number of benzene rings is 2. The lowest BCUT2D eigenvalue weighted by Gasteiger charge is -2.25. The van der Waals surface area contributed by atoms with Gasteiger partial charge in [-0.1, -0.05) is 46.7 Å². The number of hydrogen-bond donors (Lipinski definition) is 0. The van der Waals surface area contributed by atoms with Crippen molar-refractivity contribution in [2.45, 2.75) is 19.9 Å². The number of hydrogen-bond acceptors (Lipinski definition) is 8. The minimum Gasteiger partial charge on any atom is -0.493 e. The number of rotatable bonds is 5. The molecule has 0 saturated carbocycles. The number of halogens is 2. The smallest absolute Gasteiger partial charge is 0.338 e. The minimum atomic E-state index is -0.864. The van der Waals surface area contributed by atoms with Crippen molar-refractivity contribution in [3.8, 4) is 11.5 Å². The van der Waals surface area contributed by atoms with Crippen LogP contribution in [0.2, 0.25) is 10.0 Å². The van der Waals surface area contributed by atoms with Gasteiger partial charge in [-0.05, 0) is 48.4 Å². The van der Waals surface area contributed by atoms with Crippen LogP contribution in [0.1, 0.15) is 31.0 Å². The molecule has 0 amide bonds. The van der Waals surface area contributed by atoms with E-state index in [1.165, 1.54) is 25.7 Å². The first-order valence-electron chi connectivity index (χ1n) is 10.6. The Kier molecular flexibility index (Phi) is 7.35. The Hall–Kier alpha value is -3.40. The summed E-state index contributed by atoms with van der Waals surface area (Å²) in [6, 6.07) is 8.92. The number of nitrogens with zero attached hydrogens (tertiary/aromatic N) is 2. The largest absolute Gasteiger partial charge is 0.493 e. The van der Waals surface area contributed by atoms with Crippen LogP contribution in [-0.4, -0.2) is 30.7 Å². The molecule has 2 aromatic carbocycles. The van der Waals surface area contributed by atoms with E-state index in [-0.39, 0.29) is 22.6 Å². The first-order valence-corrected chi connectivity index (χ1v) is 12.1. The highest BCUT2D eigenvalue weighted by molar-refractivity contribution is 7.07. The van der Waals surface area contributed by atoms with Gasteiger partial charge in [-0.25, -0.2) is 9.79 Å². The molecule has 1 aliphatic rings. The maximum atomic E-state index is 13.6. The number of carbonyl (C=O) groups excluding carboxylic acids is 2. The van der Waals surface area contributed by atoms with Crippen molar-refractivity contribution in [1.29, 1.82) is 0 Å². The van der Waals surface area contributed by atoms with E-state index in [4.69, 9.17) is 37.4 Å². The second-order valence-electron chi connectivity index (χ2n) is 7.74. The van der Waals surface area contributed by atoms with Crippen LogP contribution in [0.4, 0.5) is 0 Å². The maximum absolute atomic E-state index is 13.6. The summed E-state index contributed by atoms with van der Waals surface area (Å²) in [5, 5.41) is 0.866. The molecule has 3 aromatic rings. The second-order valence-corrected chi connectivity index (χ2v) is 9.60. The quantitative estimate of drug-likeness (QED) is 0.358. The number of methoxy groups -OCH3 is 2. The molecule has 0 saturated heterocycles. The summed E-state index contributed by atoms with van der Waals surface area (Å²) in [7, 11) is 2.69. The summed E-state index contributed by atoms with van der Waals surface area (Å²) in [5.74, 6) is -0.671. The summed E-state index contributed by atoms with van der Waals surface area (Å²) < 4.78 is 17.4. The Labute approximate surface area is 219 Å². The van der Waals surface area contributed by atoms with E-state index in [9.17, 15) is 14.4 Å². The third-order valence-corrected chi connectivity index (χ3v) is 6.98. The third kappa shape index (κ3) is 4.82. The van der Waals surface area contributed by atoms with Crippen LogP contribution < -0.4 is 24.4 Å². The van der Waals surface area contributed by atoms with Gasteiger partial charge in [0.05, 0.1) is 36.1 Å². The minimum absolute atomic E-state index is 0.197. The van der Waals surface area contributed by atoms with E-state index < -0.39 is 18.0 Å². The fraction of sp³-hybridized carbons (Fsp3) is 0.200. The van der Waals surface area contributed by atoms with Gasteiger partial charge in [0, 0.05) is 17.0 Å². The van der Waals surface area contributed by atoms with Gasteiger partial charge in [-0.3, -0.25) is 14.2 Å². The van der Waals surface area contributed by atoms with Crippen molar-refractivity contribution < 1.29 is 23.8 Å². The van der Waals surface area contributed by atoms with E-state index in [0.717, 1.165) is 11.3 Å². The number of esters is 2. The number of ether oxygens (including phenoxy) is 3. The van der Waals surface area contributed by atoms with E-state index in [0.29, 0.717) is 36.2 Å². The van der Waals surface area contributed by atoms with Crippen LogP contribution in [0.3, 0.4) is 0 Å². The van der Waals surface area contributed by atoms with Crippen molar-refractivity contribution >= 4 is 52.6 Å². The fourth-order valence-electron chi connectivity index (χ4n) is 3.86. The predicted molar refractivity (Wildman–Crippen MR) is 137 cm³/mol. The highest BCUT2D eigenvalue weighted by Gasteiger charge is 2.33. The lowest BCUT2D eigenvalue weighted by Crippen LogP contribution is -2.39. The SMILES string of the molecule is COC(=O)C1=C(C)N=c2sc(=Cc3ccc(Cl)cc3Cl)c(=O)n2C1c1ccc(OC(C)=O)c(OC)c1. The average Bonchev–Trinajstić information content (AvgIpc) is 3.13. The van der Waals surface area contributed by atoms with Gasteiger partial charge in [0.2, 0.25) is 0 Å². The zero-order valence-corrected chi connectivity index (χ0v) is 22.0. The molecule has 0 spiro atoms. The monoisotopic (exact) mass is 546 g/mol. The molecule has 0 aliphatic carbocycles. The molecule has 0 radical (unpaired) electrons. The summed E-state index contributed by atoms with van der Waals surface area (Å²) in [4.78, 5) is 42.9. The number of aromatic nitrogens is 1. The average molecular weight is 547 g/mol. The van der Waals surface area contributed by atoms with Gasteiger partial charge < -0.3 is 14.2 Å². The van der Waals surface area contributed by atoms with E-state index >= 15 is 0 Å². The second kappa shape index (κ2) is 10.3. The number of carbonyl (C=O) groups is 2. The summed E-state index contributed by atoms with van der Waals surface area (Å²) >= 11 is 13.5. The summed E-state index contributed by atoms with van der Waals surface area (Å²) in [6.07, 6.45) is 1.65. The molecule has 0 bridgehead atoms. The van der Waals surface area contributed by atoms with Crippen LogP contribution in [0.5, 0.6) is 11.5 Å². The fourth-order valence-corrected chi connectivity index (χ4v) is 5.36. The molecule has 1 unspecified atom stereocenters. The molecule has 8 nitrogen and oxygen atoms in total. The van der Waals surface area contributed by atoms with Crippen LogP contribution in [0, 0.1) is 0 Å². The molecule has 1 atom stereocenters. The standard InChI is InChI=1S/C25H20Cl2N2O6S/c1-12-21(24(32)34-4)22(15-6-8-18(35-13(2)30)19(9-15)33-3)29-23(31)20(36-25(29)28-12)10-14-5-7-16(26)11-17(14)27/h5-11,22H,1-4H3. The van der Waals surface area contributed by atoms with Crippen LogP contribution in [-0.2, 0) is 14.3 Å². The summed E-state index contributed by atoms with van der Waals surface area (Å²) in [6.45, 7) is 2.95. The molecule has 0 fully saturated rings. The van der Waals surface area contributed by atoms with Crippen molar-refractivity contribution in [3.63, 3.8) is 0 Å². The zero-order chi connectivity index (χ0) is 26.1. The van der Waals surface area contributed by atoms with E-state index in [2.05, 4.69) is 4.99 Å². The van der Waals surface area contributed by atoms with Crippen molar-refractivity contribution in [1.82, 2.24) is 4.57 Å². The molecule has 0 N–H and O–H groups in total. The van der Waals surface area contributed by atoms with Crippen LogP contribution in [0.25, 0.3) is 6.08 Å². The maximum Gasteiger partial charge on any atom is 0.338 e. The molecular formula is C25H20Cl2N2O6S. The van der Waals surface area contributed by atoms with Gasteiger partial charge in [0.15, 0.2) is 16.3 Å². The number of thiazole rings is 1. The molecular weight excluding hydrogens is 527 g/mol. The summed E-state index contributed by atoms with van der Waals surface area (Å²) in [5.41, 5.74) is 1.39. The Balaban J connectivity index is 1.96. The van der Waals surface area contributed by atoms with E-state index in [1.807, 2.05) is 0 Å². The first kappa shape index (κ1) is 25.7. The third-order valence-electron chi connectivity index (χ3n) is 5.43. The van der Waals surface area contributed by atoms with Gasteiger partial charge in [0.1, 0.15) is 0 Å². The molecule has 1 aromatic heterocycles. The van der Waals surface area contributed by atoms with Gasteiger partial charge in [-0.15, -0.1) is 0 Å². The Morgan fingerprint density at radius 1 is 1.11 bits per heavy atom. The lowest BCUT2D eigenvalue weighted by molar-refractivity contribution is -0.136. The van der Waals surface area contributed by atoms with Gasteiger partial charge in [0.25, 0.3) is 5.56 Å². The topological polar surface area (TPSA) is 96.2 Å². The van der Waals surface area contributed by atoms with Crippen molar-refractivity contribution in [3.05, 3.63) is 88.5 Å². The highest BCUT2D eigenvalue weighted by Crippen LogP contribution is 2.36. The molecule has 4 rings (SSSR count). The Bertz CT molecular complexity index is 1610. The van der Waals surface area contributed by atoms with Crippen molar-refractivity contribution in [2.24, 2.45) is 4.99 Å². The Morgan fingerprint density at radius 3 is 2.50 bits per heavy atom. The Morgan fingerprint density at radius 2 is 1.86 bits per heavy atom. The van der Waals surface area contributed by atoms with Crippen LogP contribution >= 0.6 is 34.5 Å². The number of fused-ring (bicyclic) bond motifs is 1. The molecule has 36 heavy (non-hydrogen) atoms. The molecule has 2 heterocycles. The van der Waals surface area contributed by atoms with Gasteiger partial charge in [-0.2, -0.15) is 0 Å². The zero-order valence-electron chi connectivity index (χ0n) is 19.6.